The van der Waals surface area contributed by atoms with Crippen molar-refractivity contribution in [3.05, 3.63) is 35.1 Å². The highest BCUT2D eigenvalue weighted by atomic mass is 16.3. The Hall–Kier alpha value is -1.28. The van der Waals surface area contributed by atoms with E-state index in [1.807, 2.05) is 6.26 Å². The van der Waals surface area contributed by atoms with E-state index in [0.717, 1.165) is 25.1 Å². The van der Waals surface area contributed by atoms with E-state index in [0.29, 0.717) is 0 Å². The molecule has 0 amide bonds. The fourth-order valence-corrected chi connectivity index (χ4v) is 2.51. The molecule has 0 atom stereocenters. The first-order valence-electron chi connectivity index (χ1n) is 7.16. The lowest BCUT2D eigenvalue weighted by Gasteiger charge is -2.19. The van der Waals surface area contributed by atoms with E-state index in [1.54, 1.807) is 0 Å². The summed E-state index contributed by atoms with van der Waals surface area (Å²) in [4.78, 5) is 0. The van der Waals surface area contributed by atoms with Gasteiger partial charge in [0.1, 0.15) is 5.58 Å². The molecule has 0 bridgehead atoms. The molecule has 1 aromatic heterocycles. The Labute approximate surface area is 116 Å². The molecule has 0 radical (unpaired) electrons. The molecule has 1 N–H and O–H groups in total. The summed E-state index contributed by atoms with van der Waals surface area (Å²) in [7, 11) is 0. The van der Waals surface area contributed by atoms with Gasteiger partial charge in [-0.05, 0) is 30.9 Å². The molecule has 0 aliphatic carbocycles. The van der Waals surface area contributed by atoms with Crippen molar-refractivity contribution in [3.8, 4) is 0 Å². The second-order valence-corrected chi connectivity index (χ2v) is 6.32. The van der Waals surface area contributed by atoms with Crippen LogP contribution in [0.15, 0.2) is 22.8 Å². The third kappa shape index (κ3) is 2.84. The van der Waals surface area contributed by atoms with E-state index in [9.17, 15) is 0 Å². The van der Waals surface area contributed by atoms with E-state index >= 15 is 0 Å². The molecule has 0 fully saturated rings. The first-order valence-corrected chi connectivity index (χ1v) is 7.16. The maximum atomic E-state index is 5.88. The van der Waals surface area contributed by atoms with Crippen molar-refractivity contribution >= 4 is 11.0 Å². The molecule has 0 saturated heterocycles. The molecule has 0 aliphatic heterocycles. The molecule has 0 unspecified atom stereocenters. The number of benzene rings is 1. The van der Waals surface area contributed by atoms with Crippen LogP contribution >= 0.6 is 0 Å². The number of aryl methyl sites for hydroxylation is 1. The zero-order chi connectivity index (χ0) is 14.0. The van der Waals surface area contributed by atoms with Crippen LogP contribution in [0.5, 0.6) is 0 Å². The Balaban J connectivity index is 2.47. The van der Waals surface area contributed by atoms with Crippen molar-refractivity contribution in [3.63, 3.8) is 0 Å². The molecule has 2 aromatic rings. The second-order valence-electron chi connectivity index (χ2n) is 6.32. The number of hydrogen-bond acceptors (Lipinski definition) is 2. The van der Waals surface area contributed by atoms with Gasteiger partial charge in [0.05, 0.1) is 6.26 Å². The Morgan fingerprint density at radius 1 is 1.21 bits per heavy atom. The van der Waals surface area contributed by atoms with E-state index in [1.165, 1.54) is 22.1 Å². The van der Waals surface area contributed by atoms with Gasteiger partial charge < -0.3 is 9.73 Å². The Morgan fingerprint density at radius 2 is 1.95 bits per heavy atom. The van der Waals surface area contributed by atoms with Crippen molar-refractivity contribution < 1.29 is 4.42 Å². The maximum absolute atomic E-state index is 5.88. The minimum atomic E-state index is 0.109. The normalized spacial score (nSPS) is 12.3. The van der Waals surface area contributed by atoms with Crippen LogP contribution in [0.3, 0.4) is 0 Å². The monoisotopic (exact) mass is 259 g/mol. The van der Waals surface area contributed by atoms with Crippen LogP contribution in [0, 0.1) is 6.92 Å². The van der Waals surface area contributed by atoms with Crippen molar-refractivity contribution in [2.75, 3.05) is 6.54 Å². The Bertz CT molecular complexity index is 560. The Kier molecular flexibility index (Phi) is 4.00. The summed E-state index contributed by atoms with van der Waals surface area (Å²) in [6.45, 7) is 13.0. The van der Waals surface area contributed by atoms with Gasteiger partial charge in [-0.3, -0.25) is 0 Å². The lowest BCUT2D eigenvalue weighted by Crippen LogP contribution is -2.14. The third-order valence-electron chi connectivity index (χ3n) is 3.56. The molecule has 104 valence electrons. The van der Waals surface area contributed by atoms with Crippen LogP contribution in [-0.2, 0) is 12.0 Å². The topological polar surface area (TPSA) is 25.2 Å². The number of nitrogens with one attached hydrogen (secondary N) is 1. The summed E-state index contributed by atoms with van der Waals surface area (Å²) in [5.74, 6) is 0. The minimum absolute atomic E-state index is 0.109. The lowest BCUT2D eigenvalue weighted by molar-refractivity contribution is 0.555. The molecule has 0 aliphatic rings. The van der Waals surface area contributed by atoms with Crippen LogP contribution in [0.2, 0.25) is 0 Å². The predicted molar refractivity (Wildman–Crippen MR) is 81.6 cm³/mol. The standard InChI is InChI=1S/C17H25NO/c1-6-9-18-10-13-11-19-16-14(17(3,4)5)8-7-12(2)15(13)16/h7-8,11,18H,6,9-10H2,1-5H3. The molecule has 1 aromatic carbocycles. The van der Waals surface area contributed by atoms with Gasteiger partial charge in [0.25, 0.3) is 0 Å². The van der Waals surface area contributed by atoms with Crippen molar-refractivity contribution in [2.45, 2.75) is 53.0 Å². The first-order chi connectivity index (χ1) is 8.95. The number of rotatable bonds is 4. The molecule has 0 saturated carbocycles. The second kappa shape index (κ2) is 5.38. The Morgan fingerprint density at radius 3 is 2.58 bits per heavy atom. The summed E-state index contributed by atoms with van der Waals surface area (Å²) in [5.41, 5.74) is 5.02. The zero-order valence-electron chi connectivity index (χ0n) is 12.8. The molecule has 0 spiro atoms. The number of furan rings is 1. The molecule has 2 nitrogen and oxygen atoms in total. The van der Waals surface area contributed by atoms with Gasteiger partial charge >= 0.3 is 0 Å². The summed E-state index contributed by atoms with van der Waals surface area (Å²) in [6, 6.07) is 4.41. The van der Waals surface area contributed by atoms with Gasteiger partial charge in [0.15, 0.2) is 0 Å². The summed E-state index contributed by atoms with van der Waals surface area (Å²) >= 11 is 0. The van der Waals surface area contributed by atoms with Crippen LogP contribution in [-0.4, -0.2) is 6.54 Å². The largest absolute Gasteiger partial charge is 0.464 e. The van der Waals surface area contributed by atoms with Gasteiger partial charge in [-0.2, -0.15) is 0 Å². The molecule has 2 rings (SSSR count). The molecule has 19 heavy (non-hydrogen) atoms. The third-order valence-corrected chi connectivity index (χ3v) is 3.56. The zero-order valence-corrected chi connectivity index (χ0v) is 12.8. The maximum Gasteiger partial charge on any atom is 0.138 e. The van der Waals surface area contributed by atoms with Crippen LogP contribution < -0.4 is 5.32 Å². The lowest BCUT2D eigenvalue weighted by atomic mass is 9.85. The highest BCUT2D eigenvalue weighted by Gasteiger charge is 2.21. The fraction of sp³-hybridized carbons (Fsp3) is 0.529. The molecule has 2 heteroatoms. The van der Waals surface area contributed by atoms with E-state index in [2.05, 4.69) is 52.1 Å². The quantitative estimate of drug-likeness (QED) is 0.816. The predicted octanol–water partition coefficient (Wildman–Crippen LogP) is 4.54. The highest BCUT2D eigenvalue weighted by Crippen LogP contribution is 2.34. The van der Waals surface area contributed by atoms with Gasteiger partial charge in [-0.25, -0.2) is 0 Å². The van der Waals surface area contributed by atoms with Crippen LogP contribution in [0.25, 0.3) is 11.0 Å². The van der Waals surface area contributed by atoms with E-state index in [-0.39, 0.29) is 5.41 Å². The summed E-state index contributed by atoms with van der Waals surface area (Å²) in [6.07, 6.45) is 3.07. The smallest absolute Gasteiger partial charge is 0.138 e. The molecular formula is C17H25NO. The number of hydrogen-bond donors (Lipinski definition) is 1. The average Bonchev–Trinajstić information content (AvgIpc) is 2.73. The average molecular weight is 259 g/mol. The summed E-state index contributed by atoms with van der Waals surface area (Å²) in [5, 5.41) is 4.74. The van der Waals surface area contributed by atoms with Crippen molar-refractivity contribution in [1.82, 2.24) is 5.32 Å². The van der Waals surface area contributed by atoms with Crippen molar-refractivity contribution in [1.29, 1.82) is 0 Å². The first kappa shape index (κ1) is 14.1. The van der Waals surface area contributed by atoms with E-state index in [4.69, 9.17) is 4.42 Å². The van der Waals surface area contributed by atoms with Crippen LogP contribution in [0.4, 0.5) is 0 Å². The van der Waals surface area contributed by atoms with Crippen molar-refractivity contribution in [2.24, 2.45) is 0 Å². The van der Waals surface area contributed by atoms with Gasteiger partial charge in [0, 0.05) is 23.1 Å². The van der Waals surface area contributed by atoms with Gasteiger partial charge in [0.2, 0.25) is 0 Å². The number of fused-ring (bicyclic) bond motifs is 1. The van der Waals surface area contributed by atoms with Gasteiger partial charge in [-0.15, -0.1) is 0 Å². The molecule has 1 heterocycles. The van der Waals surface area contributed by atoms with E-state index < -0.39 is 0 Å². The molecular weight excluding hydrogens is 234 g/mol. The SMILES string of the molecule is CCCNCc1coc2c(C(C)(C)C)ccc(C)c12. The summed E-state index contributed by atoms with van der Waals surface area (Å²) < 4.78 is 5.88. The highest BCUT2D eigenvalue weighted by molar-refractivity contribution is 5.87. The van der Waals surface area contributed by atoms with Gasteiger partial charge in [-0.1, -0.05) is 39.8 Å². The minimum Gasteiger partial charge on any atom is -0.464 e. The fourth-order valence-electron chi connectivity index (χ4n) is 2.51. The van der Waals surface area contributed by atoms with Crippen LogP contribution in [0.1, 0.15) is 50.8 Å².